The van der Waals surface area contributed by atoms with Crippen molar-refractivity contribution in [2.24, 2.45) is 9.98 Å². The first kappa shape index (κ1) is 37.9. The maximum absolute atomic E-state index is 13.7. The molecule has 4 bridgehead atoms. The number of carbonyl (C=O) groups is 2. The van der Waals surface area contributed by atoms with Crippen LogP contribution in [0.15, 0.2) is 143 Å². The third-order valence-corrected chi connectivity index (χ3v) is 12.1. The van der Waals surface area contributed by atoms with E-state index >= 15 is 0 Å². The number of benzene rings is 8. The molecule has 0 saturated heterocycles. The van der Waals surface area contributed by atoms with E-state index in [0.717, 1.165) is 68.8 Å². The van der Waals surface area contributed by atoms with E-state index in [9.17, 15) is 19.8 Å². The Labute approximate surface area is 352 Å². The summed E-state index contributed by atoms with van der Waals surface area (Å²) in [4.78, 5) is 37.6. The monoisotopic (exact) mass is 802 g/mol. The highest BCUT2D eigenvalue weighted by Crippen LogP contribution is 2.48. The number of nitrogens with zero attached hydrogens (tertiary/aromatic N) is 2. The molecule has 1 saturated carbocycles. The fourth-order valence-electron chi connectivity index (χ4n) is 9.12. The molecule has 8 heteroatoms. The second kappa shape index (κ2) is 16.0. The fraction of sp³-hybridized carbons (Fsp3) is 0.170. The van der Waals surface area contributed by atoms with Gasteiger partial charge in [0, 0.05) is 58.7 Å². The van der Waals surface area contributed by atoms with E-state index in [1.807, 2.05) is 121 Å². The van der Waals surface area contributed by atoms with Crippen LogP contribution >= 0.6 is 0 Å². The maximum Gasteiger partial charge on any atom is 0.311 e. The Hall–Kier alpha value is -7.32. The van der Waals surface area contributed by atoms with Crippen LogP contribution in [-0.4, -0.2) is 46.7 Å². The van der Waals surface area contributed by atoms with Crippen LogP contribution in [0, 0.1) is 0 Å². The molecule has 1 fully saturated rings. The minimum atomic E-state index is -0.521. The van der Waals surface area contributed by atoms with Gasteiger partial charge in [-0.2, -0.15) is 0 Å². The summed E-state index contributed by atoms with van der Waals surface area (Å²) in [6.45, 7) is 0. The normalized spacial score (nSPS) is 17.4. The van der Waals surface area contributed by atoms with Gasteiger partial charge in [-0.25, -0.2) is 0 Å². The lowest BCUT2D eigenvalue weighted by Crippen LogP contribution is -2.27. The Morgan fingerprint density at radius 3 is 1.25 bits per heavy atom. The van der Waals surface area contributed by atoms with Crippen LogP contribution in [0.4, 0.5) is 0 Å². The Balaban J connectivity index is 1.16. The molecule has 2 atom stereocenters. The minimum Gasteiger partial charge on any atom is -0.507 e. The molecule has 0 radical (unpaired) electrons. The van der Waals surface area contributed by atoms with Crippen LogP contribution in [0.2, 0.25) is 0 Å². The Bertz CT molecular complexity index is 2910. The average molecular weight is 803 g/mol. The zero-order valence-corrected chi connectivity index (χ0v) is 33.4. The molecular weight excluding hydrogens is 761 g/mol. The van der Waals surface area contributed by atoms with Crippen LogP contribution < -0.4 is 9.47 Å². The minimum absolute atomic E-state index is 0.0220. The van der Waals surface area contributed by atoms with Crippen molar-refractivity contribution in [3.05, 3.63) is 145 Å². The van der Waals surface area contributed by atoms with Crippen molar-refractivity contribution >= 4 is 67.5 Å². The van der Waals surface area contributed by atoms with Crippen LogP contribution in [0.25, 0.3) is 65.3 Å². The molecule has 2 aliphatic rings. The van der Waals surface area contributed by atoms with Gasteiger partial charge in [0.25, 0.3) is 0 Å². The number of esters is 2. The summed E-state index contributed by atoms with van der Waals surface area (Å²) in [5, 5.41) is 31.4. The van der Waals surface area contributed by atoms with Crippen molar-refractivity contribution in [2.75, 3.05) is 0 Å². The summed E-state index contributed by atoms with van der Waals surface area (Å²) in [5.41, 5.74) is 3.32. The van der Waals surface area contributed by atoms with Crippen LogP contribution in [0.1, 0.15) is 56.1 Å². The van der Waals surface area contributed by atoms with Crippen molar-refractivity contribution in [1.29, 1.82) is 0 Å². The van der Waals surface area contributed by atoms with Gasteiger partial charge in [-0.3, -0.25) is 19.6 Å². The number of phenols is 2. The molecule has 61 heavy (non-hydrogen) atoms. The summed E-state index contributed by atoms with van der Waals surface area (Å²) in [6.07, 6.45) is 7.16. The number of phenolic OH excluding ortho intramolecular Hbond substituents is 2. The first-order valence-electron chi connectivity index (χ1n) is 20.9. The molecule has 1 aliphatic carbocycles. The molecule has 8 aromatic rings. The average Bonchev–Trinajstić information content (AvgIpc) is 3.28. The predicted molar refractivity (Wildman–Crippen MR) is 243 cm³/mol. The molecule has 2 N–H and O–H groups in total. The molecule has 0 spiro atoms. The van der Waals surface area contributed by atoms with E-state index in [2.05, 4.69) is 0 Å². The Morgan fingerprint density at radius 1 is 0.443 bits per heavy atom. The number of hydrogen-bond donors (Lipinski definition) is 2. The summed E-state index contributed by atoms with van der Waals surface area (Å²) in [7, 11) is 0. The van der Waals surface area contributed by atoms with Crippen LogP contribution in [0.3, 0.4) is 0 Å². The molecular formula is C53H42N2O6. The molecule has 8 aromatic carbocycles. The van der Waals surface area contributed by atoms with Crippen molar-refractivity contribution in [1.82, 2.24) is 0 Å². The van der Waals surface area contributed by atoms with Crippen molar-refractivity contribution in [3.63, 3.8) is 0 Å². The van der Waals surface area contributed by atoms with E-state index in [4.69, 9.17) is 19.5 Å². The molecule has 1 aliphatic heterocycles. The third-order valence-electron chi connectivity index (χ3n) is 12.1. The molecule has 0 amide bonds. The lowest BCUT2D eigenvalue weighted by atomic mass is 9.89. The summed E-state index contributed by atoms with van der Waals surface area (Å²) < 4.78 is 12.3. The van der Waals surface area contributed by atoms with Crippen molar-refractivity contribution in [3.8, 4) is 45.3 Å². The van der Waals surface area contributed by atoms with Gasteiger partial charge in [0.1, 0.15) is 23.0 Å². The number of fused-ring (bicyclic) bond motifs is 17. The first-order chi connectivity index (χ1) is 29.9. The topological polar surface area (TPSA) is 118 Å². The quantitative estimate of drug-likeness (QED) is 0.116. The van der Waals surface area contributed by atoms with E-state index in [-0.39, 0.29) is 42.8 Å². The second-order valence-corrected chi connectivity index (χ2v) is 15.9. The highest BCUT2D eigenvalue weighted by atomic mass is 16.5. The molecule has 0 unspecified atom stereocenters. The van der Waals surface area contributed by atoms with Gasteiger partial charge in [0.2, 0.25) is 0 Å². The molecule has 0 aromatic heterocycles. The number of aromatic hydroxyl groups is 2. The van der Waals surface area contributed by atoms with Gasteiger partial charge < -0.3 is 19.7 Å². The van der Waals surface area contributed by atoms with Crippen molar-refractivity contribution in [2.45, 2.75) is 57.0 Å². The van der Waals surface area contributed by atoms with Gasteiger partial charge in [-0.05, 0) is 86.6 Å². The van der Waals surface area contributed by atoms with E-state index < -0.39 is 11.9 Å². The molecule has 300 valence electrons. The van der Waals surface area contributed by atoms with E-state index in [0.29, 0.717) is 44.9 Å². The smallest absolute Gasteiger partial charge is 0.311 e. The standard InChI is InChI=1S/C53H42N2O6/c56-46-22-11-23-47(57)61-45-27-25-33-13-2-6-17-39(33)49(45)51-41-19-8-4-15-35(41)29-37(53(51)59)31-55-43-21-10-9-20-42(43)54-30-36-28-34-14-3-7-18-40(34)50(52(36)58)48-38-16-5-1-12-32(38)24-26-44(48)60-46/h1-8,12-19,24-31,42-43,58-59H,9-11,20-23H2/t42-,43-/m1/s1. The highest BCUT2D eigenvalue weighted by Gasteiger charge is 2.27. The Morgan fingerprint density at radius 2 is 0.820 bits per heavy atom. The van der Waals surface area contributed by atoms with Crippen LogP contribution in [-0.2, 0) is 9.59 Å². The summed E-state index contributed by atoms with van der Waals surface area (Å²) >= 11 is 0. The van der Waals surface area contributed by atoms with Gasteiger partial charge in [-0.15, -0.1) is 0 Å². The number of ether oxygens (including phenoxy) is 2. The number of rotatable bonds is 0. The van der Waals surface area contributed by atoms with Crippen molar-refractivity contribution < 1.29 is 29.3 Å². The molecule has 10 rings (SSSR count). The zero-order chi connectivity index (χ0) is 41.5. The second-order valence-electron chi connectivity index (χ2n) is 15.9. The maximum atomic E-state index is 13.7. The lowest BCUT2D eigenvalue weighted by Gasteiger charge is -2.25. The van der Waals surface area contributed by atoms with Gasteiger partial charge in [0.05, 0.1) is 12.1 Å². The van der Waals surface area contributed by atoms with Crippen LogP contribution in [0.5, 0.6) is 23.0 Å². The molecule has 8 nitrogen and oxygen atoms in total. The summed E-state index contributed by atoms with van der Waals surface area (Å²) in [5.74, 6) is -0.395. The Kier molecular flexibility index (Phi) is 9.97. The van der Waals surface area contributed by atoms with Gasteiger partial charge in [-0.1, -0.05) is 122 Å². The lowest BCUT2D eigenvalue weighted by molar-refractivity contribution is -0.136. The van der Waals surface area contributed by atoms with Gasteiger partial charge >= 0.3 is 11.9 Å². The number of hydrogen-bond acceptors (Lipinski definition) is 8. The van der Waals surface area contributed by atoms with Gasteiger partial charge in [0.15, 0.2) is 0 Å². The number of aliphatic imine (C=N–C) groups is 2. The fourth-order valence-corrected chi connectivity index (χ4v) is 9.12. The van der Waals surface area contributed by atoms with E-state index in [1.165, 1.54) is 0 Å². The highest BCUT2D eigenvalue weighted by molar-refractivity contribution is 6.14. The zero-order valence-electron chi connectivity index (χ0n) is 33.4. The third kappa shape index (κ3) is 7.14. The first-order valence-corrected chi connectivity index (χ1v) is 20.9. The molecule has 1 heterocycles. The summed E-state index contributed by atoms with van der Waals surface area (Å²) in [6, 6.07) is 42.1. The number of carbonyl (C=O) groups excluding carboxylic acids is 2. The van der Waals surface area contributed by atoms with E-state index in [1.54, 1.807) is 24.6 Å². The SMILES string of the molecule is O=C1CCCC(=O)Oc2ccc3ccccc3c2-c2c(O)c(cc3ccccc23)C=N[C@@H]2CCCC[C@H]2N=Cc2cc3ccccc3c(c2O)-c2c(ccc3ccccc23)O1. The predicted octanol–water partition coefficient (Wildman–Crippen LogP) is 11.9. The largest absolute Gasteiger partial charge is 0.507 e.